The Morgan fingerprint density at radius 1 is 0.800 bits per heavy atom. The minimum atomic E-state index is -1.81. The predicted molar refractivity (Wildman–Crippen MR) is 190 cm³/mol. The number of likely N-dealkylation sites (tertiary alicyclic amines) is 1. The lowest BCUT2D eigenvalue weighted by molar-refractivity contribution is -0.150. The Kier molecular flexibility index (Phi) is 20.0. The van der Waals surface area contributed by atoms with E-state index in [1.165, 1.54) is 6.92 Å². The van der Waals surface area contributed by atoms with E-state index in [1.54, 1.807) is 13.8 Å². The first-order chi connectivity index (χ1) is 25.7. The Balaban J connectivity index is 2.95. The average molecular weight is 788 g/mol. The number of amides is 7. The minimum absolute atomic E-state index is 0.0333. The molecule has 1 saturated heterocycles. The number of aliphatic hydroxyl groups excluding tert-OH is 2. The number of nitrogens with one attached hydrogen (secondary N) is 6. The SMILES string of the molecule is CC(C)C(N)C(=O)NC(C(=O)NCC(=O)NC(CCCN=C(N)N)C(=O)NCC(=O)NC(CC(=O)O)C(=O)NC(CO)C(=O)N1CCCC1C(=O)O)C(C)O. The van der Waals surface area contributed by atoms with Gasteiger partial charge in [-0.2, -0.15) is 0 Å². The molecule has 24 nitrogen and oxygen atoms in total. The summed E-state index contributed by atoms with van der Waals surface area (Å²) in [5, 5.41) is 51.9. The first-order valence-corrected chi connectivity index (χ1v) is 17.3. The minimum Gasteiger partial charge on any atom is -0.481 e. The van der Waals surface area contributed by atoms with Crippen LogP contribution in [0.25, 0.3) is 0 Å². The highest BCUT2D eigenvalue weighted by atomic mass is 16.4. The van der Waals surface area contributed by atoms with Gasteiger partial charge in [0.2, 0.25) is 41.4 Å². The molecule has 0 saturated carbocycles. The second-order valence-corrected chi connectivity index (χ2v) is 13.0. The molecule has 7 atom stereocenters. The van der Waals surface area contributed by atoms with E-state index in [2.05, 4.69) is 36.9 Å². The third-order valence-corrected chi connectivity index (χ3v) is 8.18. The molecule has 310 valence electrons. The molecular weight excluding hydrogens is 734 g/mol. The molecule has 1 aliphatic heterocycles. The van der Waals surface area contributed by atoms with Gasteiger partial charge >= 0.3 is 11.9 Å². The van der Waals surface area contributed by atoms with Crippen LogP contribution in [0, 0.1) is 5.92 Å². The second-order valence-electron chi connectivity index (χ2n) is 13.0. The van der Waals surface area contributed by atoms with Crippen LogP contribution in [0.4, 0.5) is 0 Å². The Morgan fingerprint density at radius 2 is 1.38 bits per heavy atom. The molecular formula is C31H53N11O13. The number of rotatable bonds is 23. The van der Waals surface area contributed by atoms with Crippen LogP contribution >= 0.6 is 0 Å². The molecule has 0 bridgehead atoms. The number of aliphatic carboxylic acids is 2. The fraction of sp³-hybridized carbons (Fsp3) is 0.677. The molecule has 0 spiro atoms. The van der Waals surface area contributed by atoms with Crippen LogP contribution in [0.1, 0.15) is 52.9 Å². The molecule has 1 rings (SSSR count). The largest absolute Gasteiger partial charge is 0.481 e. The maximum absolute atomic E-state index is 13.1. The predicted octanol–water partition coefficient (Wildman–Crippen LogP) is -6.88. The molecule has 0 aromatic carbocycles. The third kappa shape index (κ3) is 16.5. The van der Waals surface area contributed by atoms with Gasteiger partial charge in [-0.3, -0.25) is 43.3 Å². The topological polar surface area (TPSA) is 400 Å². The van der Waals surface area contributed by atoms with Gasteiger partial charge in [0.05, 0.1) is 38.3 Å². The molecule has 1 aliphatic rings. The van der Waals surface area contributed by atoms with Crippen LogP contribution in [-0.4, -0.2) is 160 Å². The maximum atomic E-state index is 13.1. The lowest BCUT2D eigenvalue weighted by Gasteiger charge is -2.27. The summed E-state index contributed by atoms with van der Waals surface area (Å²) in [5.74, 6) is -10.0. The number of carboxylic acids is 2. The smallest absolute Gasteiger partial charge is 0.326 e. The lowest BCUT2D eigenvalue weighted by Crippen LogP contribution is -2.58. The normalized spacial score (nSPS) is 16.9. The van der Waals surface area contributed by atoms with Crippen molar-refractivity contribution in [2.45, 2.75) is 95.2 Å². The second kappa shape index (κ2) is 23.2. The van der Waals surface area contributed by atoms with Crippen LogP contribution in [0.15, 0.2) is 4.99 Å². The number of nitrogens with two attached hydrogens (primary N) is 3. The van der Waals surface area contributed by atoms with Gasteiger partial charge in [-0.15, -0.1) is 0 Å². The number of aliphatic imine (C=N–C) groups is 1. The zero-order valence-electron chi connectivity index (χ0n) is 30.8. The van der Waals surface area contributed by atoms with Gasteiger partial charge in [0.15, 0.2) is 5.96 Å². The number of hydrogen-bond donors (Lipinski definition) is 13. The van der Waals surface area contributed by atoms with Crippen LogP contribution in [0.5, 0.6) is 0 Å². The maximum Gasteiger partial charge on any atom is 0.326 e. The van der Waals surface area contributed by atoms with Crippen LogP contribution < -0.4 is 49.1 Å². The molecule has 24 heteroatoms. The van der Waals surface area contributed by atoms with Crippen molar-refractivity contribution in [1.29, 1.82) is 0 Å². The van der Waals surface area contributed by atoms with E-state index >= 15 is 0 Å². The summed E-state index contributed by atoms with van der Waals surface area (Å²) in [7, 11) is 0. The van der Waals surface area contributed by atoms with Crippen molar-refractivity contribution < 1.29 is 63.6 Å². The average Bonchev–Trinajstić information content (AvgIpc) is 3.61. The number of guanidine groups is 1. The Labute approximate surface area is 315 Å². The summed E-state index contributed by atoms with van der Waals surface area (Å²) in [6.45, 7) is 2.12. The highest BCUT2D eigenvalue weighted by Gasteiger charge is 2.38. The van der Waals surface area contributed by atoms with Crippen molar-refractivity contribution in [2.24, 2.45) is 28.1 Å². The quantitative estimate of drug-likeness (QED) is 0.0260. The van der Waals surface area contributed by atoms with Crippen molar-refractivity contribution in [2.75, 3.05) is 32.8 Å². The van der Waals surface area contributed by atoms with Gasteiger partial charge in [-0.25, -0.2) is 4.79 Å². The summed E-state index contributed by atoms with van der Waals surface area (Å²) >= 11 is 0. The van der Waals surface area contributed by atoms with E-state index in [0.717, 1.165) is 4.90 Å². The number of carbonyl (C=O) groups is 9. The van der Waals surface area contributed by atoms with Gasteiger partial charge in [-0.05, 0) is 38.5 Å². The number of nitrogens with zero attached hydrogens (tertiary/aromatic N) is 2. The molecule has 1 fully saturated rings. The summed E-state index contributed by atoms with van der Waals surface area (Å²) in [5.41, 5.74) is 16.4. The fourth-order valence-corrected chi connectivity index (χ4v) is 5.12. The van der Waals surface area contributed by atoms with E-state index in [0.29, 0.717) is 6.42 Å². The number of hydrogen-bond acceptors (Lipinski definition) is 13. The van der Waals surface area contributed by atoms with Gasteiger partial charge in [0.25, 0.3) is 0 Å². The Hall–Kier alpha value is -5.62. The Bertz CT molecular complexity index is 1440. The Morgan fingerprint density at radius 3 is 1.89 bits per heavy atom. The zero-order valence-corrected chi connectivity index (χ0v) is 30.8. The third-order valence-electron chi connectivity index (χ3n) is 8.18. The molecule has 1 heterocycles. The molecule has 7 amide bonds. The number of carbonyl (C=O) groups excluding carboxylic acids is 7. The van der Waals surface area contributed by atoms with E-state index in [4.69, 9.17) is 17.2 Å². The summed E-state index contributed by atoms with van der Waals surface area (Å²) < 4.78 is 0. The van der Waals surface area contributed by atoms with E-state index in [9.17, 15) is 63.6 Å². The fourth-order valence-electron chi connectivity index (χ4n) is 5.12. The van der Waals surface area contributed by atoms with Gasteiger partial charge in [-0.1, -0.05) is 13.8 Å². The van der Waals surface area contributed by atoms with E-state index in [-0.39, 0.29) is 44.2 Å². The van der Waals surface area contributed by atoms with E-state index in [1.807, 2.05) is 0 Å². The van der Waals surface area contributed by atoms with Crippen LogP contribution in [-0.2, 0) is 43.2 Å². The molecule has 16 N–H and O–H groups in total. The van der Waals surface area contributed by atoms with Gasteiger partial charge in [0.1, 0.15) is 30.2 Å². The van der Waals surface area contributed by atoms with Gasteiger partial charge in [0, 0.05) is 13.1 Å². The van der Waals surface area contributed by atoms with Crippen LogP contribution in [0.2, 0.25) is 0 Å². The summed E-state index contributed by atoms with van der Waals surface area (Å²) in [6, 6.07) is -8.47. The first-order valence-electron chi connectivity index (χ1n) is 17.3. The summed E-state index contributed by atoms with van der Waals surface area (Å²) in [4.78, 5) is 117. The number of carboxylic acid groups (broad SMARTS) is 2. The van der Waals surface area contributed by atoms with Crippen molar-refractivity contribution in [3.8, 4) is 0 Å². The summed E-state index contributed by atoms with van der Waals surface area (Å²) in [6.07, 6.45) is -1.82. The van der Waals surface area contributed by atoms with Crippen LogP contribution in [0.3, 0.4) is 0 Å². The zero-order chi connectivity index (χ0) is 42.0. The number of aliphatic hydroxyl groups is 2. The molecule has 0 aliphatic carbocycles. The highest BCUT2D eigenvalue weighted by molar-refractivity contribution is 5.97. The molecule has 0 radical (unpaired) electrons. The van der Waals surface area contributed by atoms with Crippen molar-refractivity contribution in [3.63, 3.8) is 0 Å². The highest BCUT2D eigenvalue weighted by Crippen LogP contribution is 2.18. The molecule has 7 unspecified atom stereocenters. The molecule has 0 aromatic rings. The van der Waals surface area contributed by atoms with Crippen molar-refractivity contribution in [3.05, 3.63) is 0 Å². The van der Waals surface area contributed by atoms with E-state index < -0.39 is 122 Å². The first kappa shape index (κ1) is 47.4. The van der Waals surface area contributed by atoms with Gasteiger partial charge < -0.3 is 74.4 Å². The molecule has 0 aromatic heterocycles. The lowest BCUT2D eigenvalue weighted by atomic mass is 10.0. The van der Waals surface area contributed by atoms with Crippen molar-refractivity contribution >= 4 is 59.2 Å². The van der Waals surface area contributed by atoms with Crippen molar-refractivity contribution in [1.82, 2.24) is 36.8 Å². The molecule has 55 heavy (non-hydrogen) atoms. The standard InChI is InChI=1S/C31H53N11O13/c1-14(2)23(32)27(51)41-24(15(3)44)28(52)37-12-20(45)38-16(6-4-8-35-31(33)34)25(49)36-11-21(46)39-17(10-22(47)48)26(50)40-18(13-43)29(53)42-9-5-7-19(42)30(54)55/h14-19,23-24,43-44H,4-13,32H2,1-3H3,(H,36,49)(H,37,52)(H,38,45)(H,39,46)(H,40,50)(H,41,51)(H,47,48)(H,54,55)(H4,33,34,35). The monoisotopic (exact) mass is 787 g/mol.